The van der Waals surface area contributed by atoms with Crippen molar-refractivity contribution in [3.05, 3.63) is 47.0 Å². The van der Waals surface area contributed by atoms with Crippen molar-refractivity contribution in [2.24, 2.45) is 0 Å². The van der Waals surface area contributed by atoms with Gasteiger partial charge in [0.1, 0.15) is 6.04 Å². The van der Waals surface area contributed by atoms with Gasteiger partial charge in [0, 0.05) is 26.2 Å². The number of hydrogen-bond donors (Lipinski definition) is 1. The lowest BCUT2D eigenvalue weighted by atomic mass is 10.0. The van der Waals surface area contributed by atoms with Gasteiger partial charge in [-0.05, 0) is 49.7 Å². The van der Waals surface area contributed by atoms with Crippen LogP contribution in [0, 0.1) is 0 Å². The molecule has 1 aromatic rings. The molecule has 10 heteroatoms. The number of carbonyl (C=O) groups is 1. The van der Waals surface area contributed by atoms with Crippen molar-refractivity contribution < 1.29 is 31.1 Å². The minimum Gasteiger partial charge on any atom is -0.350 e. The first-order valence-corrected chi connectivity index (χ1v) is 9.73. The topological polar surface area (TPSA) is 35.6 Å². The van der Waals surface area contributed by atoms with E-state index in [1.54, 1.807) is 6.08 Å². The zero-order chi connectivity index (χ0) is 21.9. The summed E-state index contributed by atoms with van der Waals surface area (Å²) < 4.78 is 77.8. The highest BCUT2D eigenvalue weighted by Gasteiger charge is 2.37. The second kappa shape index (κ2) is 8.97. The van der Waals surface area contributed by atoms with Crippen LogP contribution in [0.25, 0.3) is 0 Å². The fourth-order valence-electron chi connectivity index (χ4n) is 3.74. The van der Waals surface area contributed by atoms with Gasteiger partial charge in [0.05, 0.1) is 11.1 Å². The Kier molecular flexibility index (Phi) is 6.76. The second-order valence-electron chi connectivity index (χ2n) is 7.55. The van der Waals surface area contributed by atoms with Gasteiger partial charge in [-0.25, -0.2) is 0 Å². The van der Waals surface area contributed by atoms with Crippen molar-refractivity contribution in [1.29, 1.82) is 0 Å². The van der Waals surface area contributed by atoms with Crippen molar-refractivity contribution in [3.63, 3.8) is 0 Å². The molecule has 1 fully saturated rings. The Morgan fingerprint density at radius 1 is 0.967 bits per heavy atom. The zero-order valence-electron chi connectivity index (χ0n) is 16.2. The van der Waals surface area contributed by atoms with Gasteiger partial charge in [0.25, 0.3) is 0 Å². The number of nitrogens with zero attached hydrogens (tertiary/aromatic N) is 2. The Labute approximate surface area is 170 Å². The van der Waals surface area contributed by atoms with Crippen molar-refractivity contribution in [1.82, 2.24) is 15.1 Å². The third-order valence-electron chi connectivity index (χ3n) is 5.34. The van der Waals surface area contributed by atoms with Crippen molar-refractivity contribution in [2.75, 3.05) is 32.7 Å². The van der Waals surface area contributed by atoms with E-state index in [9.17, 15) is 31.1 Å². The van der Waals surface area contributed by atoms with Crippen LogP contribution in [-0.2, 0) is 23.7 Å². The molecule has 1 atom stereocenters. The molecule has 0 spiro atoms. The standard InChI is InChI=1S/C20H23F6N3O/c21-19(22,23)15-10-14(11-16(12-15)20(24,25)26)13-27-18(30)17-4-3-7-29(17)9-8-28-5-1-2-6-28/h3-4,10-12,17H,1-2,5-9,13H2,(H,27,30)/t17-/m0/s1. The Morgan fingerprint density at radius 2 is 1.57 bits per heavy atom. The van der Waals surface area contributed by atoms with Gasteiger partial charge >= 0.3 is 12.4 Å². The first kappa shape index (κ1) is 22.6. The number of carbonyl (C=O) groups excluding carboxylic acids is 1. The SMILES string of the molecule is O=C(NCc1cc(C(F)(F)F)cc(C(F)(F)F)c1)[C@@H]1C=CCN1CCN1CCCC1. The van der Waals surface area contributed by atoms with E-state index in [1.807, 2.05) is 11.0 Å². The minimum atomic E-state index is -4.92. The highest BCUT2D eigenvalue weighted by Crippen LogP contribution is 2.36. The fraction of sp³-hybridized carbons (Fsp3) is 0.550. The van der Waals surface area contributed by atoms with E-state index in [4.69, 9.17) is 0 Å². The first-order chi connectivity index (χ1) is 14.0. The average Bonchev–Trinajstić information content (AvgIpc) is 3.34. The van der Waals surface area contributed by atoms with Gasteiger partial charge < -0.3 is 10.2 Å². The number of hydrogen-bond acceptors (Lipinski definition) is 3. The third kappa shape index (κ3) is 5.75. The number of alkyl halides is 6. The van der Waals surface area contributed by atoms with Gasteiger partial charge in [-0.2, -0.15) is 26.3 Å². The van der Waals surface area contributed by atoms with Crippen molar-refractivity contribution in [3.8, 4) is 0 Å². The van der Waals surface area contributed by atoms with Crippen LogP contribution in [0.3, 0.4) is 0 Å². The van der Waals surface area contributed by atoms with Crippen LogP contribution in [-0.4, -0.2) is 54.5 Å². The Bertz CT molecular complexity index is 751. The number of nitrogens with one attached hydrogen (secondary N) is 1. The lowest BCUT2D eigenvalue weighted by Gasteiger charge is -2.26. The van der Waals surface area contributed by atoms with Crippen LogP contribution < -0.4 is 5.32 Å². The number of rotatable bonds is 6. The normalized spacial score (nSPS) is 20.8. The first-order valence-electron chi connectivity index (χ1n) is 9.73. The van der Waals surface area contributed by atoms with Crippen molar-refractivity contribution in [2.45, 2.75) is 37.8 Å². The Morgan fingerprint density at radius 3 is 2.13 bits per heavy atom. The minimum absolute atomic E-state index is 0.0745. The fourth-order valence-corrected chi connectivity index (χ4v) is 3.74. The lowest BCUT2D eigenvalue weighted by molar-refractivity contribution is -0.143. The van der Waals surface area contributed by atoms with E-state index < -0.39 is 42.0 Å². The lowest BCUT2D eigenvalue weighted by Crippen LogP contribution is -2.45. The maximum absolute atomic E-state index is 13.0. The maximum Gasteiger partial charge on any atom is 0.416 e. The molecule has 3 rings (SSSR count). The van der Waals surface area contributed by atoms with Gasteiger partial charge in [0.15, 0.2) is 0 Å². The van der Waals surface area contributed by atoms with Gasteiger partial charge in [0.2, 0.25) is 5.91 Å². The smallest absolute Gasteiger partial charge is 0.350 e. The van der Waals surface area contributed by atoms with Crippen LogP contribution >= 0.6 is 0 Å². The summed E-state index contributed by atoms with van der Waals surface area (Å²) in [6.07, 6.45) is -3.99. The molecule has 30 heavy (non-hydrogen) atoms. The summed E-state index contributed by atoms with van der Waals surface area (Å²) in [6, 6.07) is 0.752. The summed E-state index contributed by atoms with van der Waals surface area (Å²) in [5.41, 5.74) is -3.04. The summed E-state index contributed by atoms with van der Waals surface area (Å²) in [4.78, 5) is 16.8. The number of benzene rings is 1. The van der Waals surface area contributed by atoms with E-state index in [0.29, 0.717) is 25.2 Å². The molecule has 1 saturated heterocycles. The zero-order valence-corrected chi connectivity index (χ0v) is 16.2. The van der Waals surface area contributed by atoms with Gasteiger partial charge in [-0.1, -0.05) is 12.2 Å². The molecule has 0 bridgehead atoms. The molecule has 166 valence electrons. The monoisotopic (exact) mass is 435 g/mol. The van der Waals surface area contributed by atoms with E-state index in [1.165, 1.54) is 0 Å². The summed E-state index contributed by atoms with van der Waals surface area (Å²) in [7, 11) is 0. The van der Waals surface area contributed by atoms with E-state index in [-0.39, 0.29) is 11.6 Å². The molecular formula is C20H23F6N3O. The maximum atomic E-state index is 13.0. The Balaban J connectivity index is 1.63. The molecule has 0 aromatic heterocycles. The third-order valence-corrected chi connectivity index (χ3v) is 5.34. The largest absolute Gasteiger partial charge is 0.416 e. The highest BCUT2D eigenvalue weighted by atomic mass is 19.4. The molecule has 0 aliphatic carbocycles. The van der Waals surface area contributed by atoms with E-state index in [0.717, 1.165) is 32.5 Å². The molecule has 1 amide bonds. The van der Waals surface area contributed by atoms with Crippen molar-refractivity contribution >= 4 is 5.91 Å². The van der Waals surface area contributed by atoms with Gasteiger partial charge in [-0.15, -0.1) is 0 Å². The molecule has 0 radical (unpaired) electrons. The molecular weight excluding hydrogens is 412 g/mol. The molecule has 0 saturated carbocycles. The number of halogens is 6. The molecule has 4 nitrogen and oxygen atoms in total. The number of amides is 1. The Hall–Kier alpha value is -2.07. The summed E-state index contributed by atoms with van der Waals surface area (Å²) >= 11 is 0. The van der Waals surface area contributed by atoms with Gasteiger partial charge in [-0.3, -0.25) is 9.69 Å². The molecule has 2 aliphatic heterocycles. The summed E-state index contributed by atoms with van der Waals surface area (Å²) in [5, 5.41) is 2.48. The quantitative estimate of drug-likeness (QED) is 0.547. The molecule has 1 N–H and O–H groups in total. The van der Waals surface area contributed by atoms with Crippen LogP contribution in [0.1, 0.15) is 29.5 Å². The van der Waals surface area contributed by atoms with E-state index >= 15 is 0 Å². The predicted molar refractivity (Wildman–Crippen MR) is 98.5 cm³/mol. The highest BCUT2D eigenvalue weighted by molar-refractivity contribution is 5.84. The van der Waals surface area contributed by atoms with Crippen LogP contribution in [0.15, 0.2) is 30.4 Å². The number of likely N-dealkylation sites (tertiary alicyclic amines) is 1. The molecule has 2 heterocycles. The molecule has 1 aromatic carbocycles. The predicted octanol–water partition coefficient (Wildman–Crippen LogP) is 3.68. The van der Waals surface area contributed by atoms with Crippen LogP contribution in [0.5, 0.6) is 0 Å². The summed E-state index contributed by atoms with van der Waals surface area (Å²) in [6.45, 7) is 3.68. The average molecular weight is 435 g/mol. The second-order valence-corrected chi connectivity index (χ2v) is 7.55. The van der Waals surface area contributed by atoms with Crippen LogP contribution in [0.4, 0.5) is 26.3 Å². The van der Waals surface area contributed by atoms with Crippen LogP contribution in [0.2, 0.25) is 0 Å². The molecule has 2 aliphatic rings. The molecule has 0 unspecified atom stereocenters. The summed E-state index contributed by atoms with van der Waals surface area (Å²) in [5.74, 6) is -0.448. The van der Waals surface area contributed by atoms with E-state index in [2.05, 4.69) is 10.2 Å².